The Kier molecular flexibility index (Phi) is 6.11. The van der Waals surface area contributed by atoms with Crippen molar-refractivity contribution in [2.24, 2.45) is 0 Å². The minimum atomic E-state index is -0.291. The Hall–Kier alpha value is -1.57. The first kappa shape index (κ1) is 13.4. The molecule has 0 aromatic rings. The molecule has 2 heteroatoms. The molecule has 0 aliphatic carbocycles. The number of rotatable bonds is 2. The van der Waals surface area contributed by atoms with E-state index in [1.807, 2.05) is 20.8 Å². The lowest BCUT2D eigenvalue weighted by molar-refractivity contribution is -0.137. The van der Waals surface area contributed by atoms with Gasteiger partial charge in [-0.3, -0.25) is 0 Å². The molecule has 15 heavy (non-hydrogen) atoms. The molecule has 0 saturated carbocycles. The molecule has 0 spiro atoms. The quantitative estimate of drug-likeness (QED) is 0.512. The van der Waals surface area contributed by atoms with Crippen molar-refractivity contribution in [3.63, 3.8) is 0 Å². The molecular formula is C13H18O2. The third kappa shape index (κ3) is 3.24. The Bertz CT molecular complexity index is 308. The molecule has 1 aliphatic rings. The van der Waals surface area contributed by atoms with E-state index < -0.39 is 0 Å². The van der Waals surface area contributed by atoms with E-state index in [0.717, 1.165) is 5.57 Å². The first-order valence-electron chi connectivity index (χ1n) is 5.07. The number of esters is 1. The molecule has 0 aromatic carbocycles. The van der Waals surface area contributed by atoms with Crippen molar-refractivity contribution in [1.29, 1.82) is 0 Å². The van der Waals surface area contributed by atoms with Crippen LogP contribution in [0.3, 0.4) is 0 Å². The normalized spacial score (nSPS) is 24.5. The van der Waals surface area contributed by atoms with Crippen molar-refractivity contribution in [2.75, 3.05) is 0 Å². The van der Waals surface area contributed by atoms with E-state index in [9.17, 15) is 4.79 Å². The number of allylic oxidation sites excluding steroid dienone is 4. The SMILES string of the molecule is C=C/C=C1/C(=O)OC(C)/C1=C/C=C.CC. The second-order valence-electron chi connectivity index (χ2n) is 2.72. The van der Waals surface area contributed by atoms with Crippen molar-refractivity contribution < 1.29 is 9.53 Å². The van der Waals surface area contributed by atoms with Gasteiger partial charge in [0.15, 0.2) is 0 Å². The van der Waals surface area contributed by atoms with Crippen LogP contribution in [0.4, 0.5) is 0 Å². The minimum Gasteiger partial charge on any atom is -0.454 e. The maximum absolute atomic E-state index is 11.2. The van der Waals surface area contributed by atoms with E-state index >= 15 is 0 Å². The summed E-state index contributed by atoms with van der Waals surface area (Å²) in [4.78, 5) is 11.2. The summed E-state index contributed by atoms with van der Waals surface area (Å²) in [7, 11) is 0. The molecule has 1 rings (SSSR count). The lowest BCUT2D eigenvalue weighted by Gasteiger charge is -2.00. The van der Waals surface area contributed by atoms with Gasteiger partial charge in [0, 0.05) is 5.57 Å². The summed E-state index contributed by atoms with van der Waals surface area (Å²) in [6, 6.07) is 0. The Morgan fingerprint density at radius 2 is 1.73 bits per heavy atom. The van der Waals surface area contributed by atoms with Crippen LogP contribution < -0.4 is 0 Å². The molecule has 1 unspecified atom stereocenters. The molecular weight excluding hydrogens is 188 g/mol. The van der Waals surface area contributed by atoms with Gasteiger partial charge in [-0.2, -0.15) is 0 Å². The molecule has 0 radical (unpaired) electrons. The Balaban J connectivity index is 0.000000921. The maximum Gasteiger partial charge on any atom is 0.339 e. The van der Waals surface area contributed by atoms with Crippen LogP contribution in [0.5, 0.6) is 0 Å². The Morgan fingerprint density at radius 3 is 2.20 bits per heavy atom. The highest BCUT2D eigenvalue weighted by Gasteiger charge is 2.29. The van der Waals surface area contributed by atoms with Crippen molar-refractivity contribution in [3.8, 4) is 0 Å². The topological polar surface area (TPSA) is 26.3 Å². The van der Waals surface area contributed by atoms with E-state index in [0.29, 0.717) is 5.57 Å². The van der Waals surface area contributed by atoms with Crippen LogP contribution in [0, 0.1) is 0 Å². The van der Waals surface area contributed by atoms with E-state index in [1.165, 1.54) is 0 Å². The van der Waals surface area contributed by atoms with Gasteiger partial charge in [0.25, 0.3) is 0 Å². The van der Waals surface area contributed by atoms with Crippen molar-refractivity contribution >= 4 is 5.97 Å². The van der Waals surface area contributed by atoms with Crippen LogP contribution in [0.2, 0.25) is 0 Å². The number of cyclic esters (lactones) is 1. The Labute approximate surface area is 91.6 Å². The van der Waals surface area contributed by atoms with E-state index in [2.05, 4.69) is 13.2 Å². The first-order chi connectivity index (χ1) is 7.20. The molecule has 82 valence electrons. The van der Waals surface area contributed by atoms with Crippen LogP contribution in [-0.4, -0.2) is 12.1 Å². The van der Waals surface area contributed by atoms with E-state index in [-0.39, 0.29) is 12.1 Å². The zero-order chi connectivity index (χ0) is 11.8. The fourth-order valence-electron chi connectivity index (χ4n) is 1.26. The molecule has 1 atom stereocenters. The summed E-state index contributed by atoms with van der Waals surface area (Å²) in [6.07, 6.45) is 6.47. The predicted octanol–water partition coefficient (Wildman–Crippen LogP) is 3.18. The van der Waals surface area contributed by atoms with Gasteiger partial charge in [-0.05, 0) is 13.0 Å². The average Bonchev–Trinajstić information content (AvgIpc) is 2.49. The summed E-state index contributed by atoms with van der Waals surface area (Å²) in [6.45, 7) is 13.0. The van der Waals surface area contributed by atoms with Crippen LogP contribution in [0.25, 0.3) is 0 Å². The van der Waals surface area contributed by atoms with Crippen LogP contribution in [0.15, 0.2) is 48.6 Å². The van der Waals surface area contributed by atoms with Gasteiger partial charge in [0.2, 0.25) is 0 Å². The highest BCUT2D eigenvalue weighted by molar-refractivity contribution is 5.97. The fourth-order valence-corrected chi connectivity index (χ4v) is 1.26. The van der Waals surface area contributed by atoms with Crippen molar-refractivity contribution in [1.82, 2.24) is 0 Å². The molecule has 2 nitrogen and oxygen atoms in total. The molecule has 1 saturated heterocycles. The fraction of sp³-hybridized carbons (Fsp3) is 0.308. The zero-order valence-electron chi connectivity index (χ0n) is 9.62. The van der Waals surface area contributed by atoms with Gasteiger partial charge in [-0.25, -0.2) is 4.79 Å². The highest BCUT2D eigenvalue weighted by Crippen LogP contribution is 2.26. The van der Waals surface area contributed by atoms with Crippen LogP contribution >= 0.6 is 0 Å². The molecule has 1 fully saturated rings. The number of carbonyl (C=O) groups is 1. The van der Waals surface area contributed by atoms with Gasteiger partial charge in [0.1, 0.15) is 6.10 Å². The predicted molar refractivity (Wildman–Crippen MR) is 63.5 cm³/mol. The summed E-state index contributed by atoms with van der Waals surface area (Å²) in [5.74, 6) is -0.291. The molecule has 0 amide bonds. The molecule has 0 N–H and O–H groups in total. The number of hydrogen-bond acceptors (Lipinski definition) is 2. The van der Waals surface area contributed by atoms with Gasteiger partial charge in [-0.15, -0.1) is 0 Å². The van der Waals surface area contributed by atoms with Gasteiger partial charge in [0.05, 0.1) is 5.57 Å². The van der Waals surface area contributed by atoms with Crippen LogP contribution in [0.1, 0.15) is 20.8 Å². The minimum absolute atomic E-state index is 0.184. The van der Waals surface area contributed by atoms with Gasteiger partial charge < -0.3 is 4.74 Å². The van der Waals surface area contributed by atoms with Crippen LogP contribution in [-0.2, 0) is 9.53 Å². The molecule has 1 aliphatic heterocycles. The lowest BCUT2D eigenvalue weighted by Crippen LogP contribution is -2.01. The number of ether oxygens (including phenoxy) is 1. The average molecular weight is 206 g/mol. The smallest absolute Gasteiger partial charge is 0.339 e. The summed E-state index contributed by atoms with van der Waals surface area (Å²) < 4.78 is 5.02. The molecule has 0 aromatic heterocycles. The monoisotopic (exact) mass is 206 g/mol. The van der Waals surface area contributed by atoms with E-state index in [1.54, 1.807) is 24.3 Å². The van der Waals surface area contributed by atoms with Gasteiger partial charge >= 0.3 is 5.97 Å². The van der Waals surface area contributed by atoms with Gasteiger partial charge in [-0.1, -0.05) is 45.2 Å². The Morgan fingerprint density at radius 1 is 1.20 bits per heavy atom. The summed E-state index contributed by atoms with van der Waals surface area (Å²) in [5, 5.41) is 0. The highest BCUT2D eigenvalue weighted by atomic mass is 16.5. The number of hydrogen-bond donors (Lipinski definition) is 0. The maximum atomic E-state index is 11.2. The zero-order valence-corrected chi connectivity index (χ0v) is 9.62. The third-order valence-corrected chi connectivity index (χ3v) is 1.83. The standard InChI is InChI=1S/C11H12O2.C2H6/c1-4-6-9-8(3)13-11(12)10(9)7-5-2;1-2/h4-8H,1-2H2,3H3;1-2H3/b9-6-,10-7+;. The third-order valence-electron chi connectivity index (χ3n) is 1.83. The number of carbonyl (C=O) groups excluding carboxylic acids is 1. The lowest BCUT2D eigenvalue weighted by atomic mass is 10.0. The second kappa shape index (κ2) is 6.82. The molecule has 1 heterocycles. The van der Waals surface area contributed by atoms with Crippen molar-refractivity contribution in [2.45, 2.75) is 26.9 Å². The second-order valence-corrected chi connectivity index (χ2v) is 2.72. The summed E-state index contributed by atoms with van der Waals surface area (Å²) >= 11 is 0. The molecule has 0 bridgehead atoms. The largest absolute Gasteiger partial charge is 0.454 e. The summed E-state index contributed by atoms with van der Waals surface area (Å²) in [5.41, 5.74) is 1.43. The van der Waals surface area contributed by atoms with E-state index in [4.69, 9.17) is 4.74 Å². The van der Waals surface area contributed by atoms with Crippen molar-refractivity contribution in [3.05, 3.63) is 48.6 Å². The first-order valence-corrected chi connectivity index (χ1v) is 5.07.